The van der Waals surface area contributed by atoms with Crippen LogP contribution in [0.15, 0.2) is 0 Å². The molecule has 0 saturated heterocycles. The average molecular weight is 266 g/mol. The van der Waals surface area contributed by atoms with Crippen molar-refractivity contribution in [3.8, 4) is 0 Å². The van der Waals surface area contributed by atoms with Crippen molar-refractivity contribution in [1.82, 2.24) is 20.2 Å². The number of aliphatic carboxylic acids is 1. The summed E-state index contributed by atoms with van der Waals surface area (Å²) in [6, 6.07) is 0. The minimum absolute atomic E-state index is 0.266. The van der Waals surface area contributed by atoms with Crippen molar-refractivity contribution in [3.05, 3.63) is 5.82 Å². The van der Waals surface area contributed by atoms with E-state index in [1.54, 1.807) is 4.68 Å². The lowest BCUT2D eigenvalue weighted by atomic mass is 9.76. The Hall–Kier alpha value is -1.46. The number of rotatable bonds is 7. The molecule has 1 N–H and O–H groups in total. The van der Waals surface area contributed by atoms with Crippen molar-refractivity contribution in [2.24, 2.45) is 0 Å². The molecule has 1 fully saturated rings. The number of tetrazole rings is 1. The zero-order chi connectivity index (χ0) is 13.9. The number of nitrogens with zero attached hydrogens (tertiary/aromatic N) is 4. The molecule has 0 radical (unpaired) electrons. The van der Waals surface area contributed by atoms with E-state index in [0.717, 1.165) is 37.9 Å². The van der Waals surface area contributed by atoms with E-state index < -0.39 is 11.5 Å². The molecule has 0 bridgehead atoms. The van der Waals surface area contributed by atoms with Gasteiger partial charge >= 0.3 is 5.97 Å². The smallest absolute Gasteiger partial charge is 0.331 e. The van der Waals surface area contributed by atoms with Crippen LogP contribution in [-0.2, 0) is 10.3 Å². The summed E-state index contributed by atoms with van der Waals surface area (Å²) < 4.78 is 1.59. The van der Waals surface area contributed by atoms with Gasteiger partial charge < -0.3 is 5.11 Å². The minimum atomic E-state index is -0.890. The largest absolute Gasteiger partial charge is 0.479 e. The molecule has 1 aromatic heterocycles. The Bertz CT molecular complexity index is 434. The van der Waals surface area contributed by atoms with Gasteiger partial charge in [-0.2, -0.15) is 0 Å². The predicted octanol–water partition coefficient (Wildman–Crippen LogP) is 2.32. The van der Waals surface area contributed by atoms with E-state index in [0.29, 0.717) is 12.8 Å². The second-order valence-electron chi connectivity index (χ2n) is 5.41. The van der Waals surface area contributed by atoms with Gasteiger partial charge in [0, 0.05) is 5.92 Å². The van der Waals surface area contributed by atoms with Crippen molar-refractivity contribution in [2.45, 2.75) is 70.3 Å². The van der Waals surface area contributed by atoms with Gasteiger partial charge in [-0.25, -0.2) is 9.48 Å². The fraction of sp³-hybridized carbons (Fsp3) is 0.846. The Labute approximate surface area is 113 Å². The van der Waals surface area contributed by atoms with E-state index in [9.17, 15) is 9.90 Å². The third-order valence-electron chi connectivity index (χ3n) is 4.12. The van der Waals surface area contributed by atoms with Crippen molar-refractivity contribution >= 4 is 5.97 Å². The van der Waals surface area contributed by atoms with Gasteiger partial charge in [0.1, 0.15) is 0 Å². The highest BCUT2D eigenvalue weighted by atomic mass is 16.4. The average Bonchev–Trinajstić information content (AvgIpc) is 2.76. The topological polar surface area (TPSA) is 80.9 Å². The normalized spacial score (nSPS) is 17.4. The van der Waals surface area contributed by atoms with E-state index in [2.05, 4.69) is 29.4 Å². The summed E-state index contributed by atoms with van der Waals surface area (Å²) >= 11 is 0. The van der Waals surface area contributed by atoms with Gasteiger partial charge in [-0.05, 0) is 42.5 Å². The predicted molar refractivity (Wildman–Crippen MR) is 69.8 cm³/mol. The first-order chi connectivity index (χ1) is 9.15. The van der Waals surface area contributed by atoms with Gasteiger partial charge in [0.2, 0.25) is 0 Å². The van der Waals surface area contributed by atoms with Crippen LogP contribution >= 0.6 is 0 Å². The van der Waals surface area contributed by atoms with Crippen LogP contribution in [0.3, 0.4) is 0 Å². The third-order valence-corrected chi connectivity index (χ3v) is 4.12. The summed E-state index contributed by atoms with van der Waals surface area (Å²) in [6.07, 6.45) is 6.30. The van der Waals surface area contributed by atoms with Crippen molar-refractivity contribution in [3.63, 3.8) is 0 Å². The molecule has 0 aromatic carbocycles. The van der Waals surface area contributed by atoms with E-state index in [-0.39, 0.29) is 5.92 Å². The number of carboxylic acid groups (broad SMARTS) is 1. The first kappa shape index (κ1) is 14.0. The van der Waals surface area contributed by atoms with Crippen LogP contribution in [0.5, 0.6) is 0 Å². The number of hydrogen-bond donors (Lipinski definition) is 1. The first-order valence-corrected chi connectivity index (χ1v) is 7.18. The summed E-state index contributed by atoms with van der Waals surface area (Å²) in [7, 11) is 0. The van der Waals surface area contributed by atoms with Crippen LogP contribution in [0.2, 0.25) is 0 Å². The molecule has 19 heavy (non-hydrogen) atoms. The first-order valence-electron chi connectivity index (χ1n) is 7.18. The molecule has 6 heteroatoms. The van der Waals surface area contributed by atoms with Crippen LogP contribution in [0, 0.1) is 0 Å². The molecule has 0 unspecified atom stereocenters. The molecule has 6 nitrogen and oxygen atoms in total. The fourth-order valence-corrected chi connectivity index (χ4v) is 2.88. The minimum Gasteiger partial charge on any atom is -0.479 e. The van der Waals surface area contributed by atoms with Crippen molar-refractivity contribution in [1.29, 1.82) is 0 Å². The van der Waals surface area contributed by atoms with Crippen LogP contribution in [-0.4, -0.2) is 31.3 Å². The van der Waals surface area contributed by atoms with Crippen LogP contribution in [0.25, 0.3) is 0 Å². The maximum absolute atomic E-state index is 11.6. The van der Waals surface area contributed by atoms with Gasteiger partial charge in [-0.1, -0.05) is 26.7 Å². The molecular formula is C13H22N4O2. The fourth-order valence-electron chi connectivity index (χ4n) is 2.88. The van der Waals surface area contributed by atoms with Gasteiger partial charge in [0.15, 0.2) is 11.4 Å². The monoisotopic (exact) mass is 266 g/mol. The molecule has 2 rings (SSSR count). The molecule has 1 aliphatic carbocycles. The zero-order valence-corrected chi connectivity index (χ0v) is 11.7. The highest BCUT2D eigenvalue weighted by Crippen LogP contribution is 2.41. The van der Waals surface area contributed by atoms with Gasteiger partial charge in [-0.3, -0.25) is 0 Å². The standard InChI is InChI=1S/C13H22N4O2/c1-3-6-10(7-4-2)11-14-15-16-17(11)13(12(18)19)8-5-9-13/h10H,3-9H2,1-2H3,(H,18,19). The maximum Gasteiger partial charge on any atom is 0.331 e. The molecule has 0 atom stereocenters. The Morgan fingerprint density at radius 3 is 2.42 bits per heavy atom. The Morgan fingerprint density at radius 1 is 1.37 bits per heavy atom. The Balaban J connectivity index is 2.32. The SMILES string of the molecule is CCCC(CCC)c1nnnn1C1(C(=O)O)CCC1. The van der Waals surface area contributed by atoms with E-state index >= 15 is 0 Å². The summed E-state index contributed by atoms with van der Waals surface area (Å²) in [4.78, 5) is 11.6. The van der Waals surface area contributed by atoms with Gasteiger partial charge in [-0.15, -0.1) is 5.10 Å². The summed E-state index contributed by atoms with van der Waals surface area (Å²) in [5, 5.41) is 21.4. The molecule has 0 spiro atoms. The summed E-state index contributed by atoms with van der Waals surface area (Å²) in [5.74, 6) is 0.215. The molecular weight excluding hydrogens is 244 g/mol. The summed E-state index contributed by atoms with van der Waals surface area (Å²) in [6.45, 7) is 4.26. The van der Waals surface area contributed by atoms with Gasteiger partial charge in [0.25, 0.3) is 0 Å². The molecule has 0 aliphatic heterocycles. The molecule has 0 amide bonds. The van der Waals surface area contributed by atoms with E-state index in [4.69, 9.17) is 0 Å². The molecule has 1 saturated carbocycles. The van der Waals surface area contributed by atoms with Crippen molar-refractivity contribution < 1.29 is 9.90 Å². The number of carboxylic acids is 1. The molecule has 1 aromatic rings. The second kappa shape index (κ2) is 5.67. The molecule has 1 aliphatic rings. The zero-order valence-electron chi connectivity index (χ0n) is 11.7. The summed E-state index contributed by atoms with van der Waals surface area (Å²) in [5.41, 5.74) is -0.890. The van der Waals surface area contributed by atoms with Crippen LogP contribution in [0.1, 0.15) is 70.5 Å². The number of hydrogen-bond acceptors (Lipinski definition) is 4. The van der Waals surface area contributed by atoms with Crippen LogP contribution < -0.4 is 0 Å². The van der Waals surface area contributed by atoms with Gasteiger partial charge in [0.05, 0.1) is 0 Å². The number of aromatic nitrogens is 4. The maximum atomic E-state index is 11.6. The van der Waals surface area contributed by atoms with E-state index in [1.807, 2.05) is 0 Å². The van der Waals surface area contributed by atoms with Crippen molar-refractivity contribution in [2.75, 3.05) is 0 Å². The highest BCUT2D eigenvalue weighted by molar-refractivity contribution is 5.77. The lowest BCUT2D eigenvalue weighted by molar-refractivity contribution is -0.153. The lowest BCUT2D eigenvalue weighted by Gasteiger charge is -2.38. The highest BCUT2D eigenvalue weighted by Gasteiger charge is 2.49. The Kier molecular flexibility index (Phi) is 4.17. The van der Waals surface area contributed by atoms with E-state index in [1.165, 1.54) is 0 Å². The van der Waals surface area contributed by atoms with Crippen LogP contribution in [0.4, 0.5) is 0 Å². The second-order valence-corrected chi connectivity index (χ2v) is 5.41. The quantitative estimate of drug-likeness (QED) is 0.819. The third kappa shape index (κ3) is 2.35. The molecule has 1 heterocycles. The number of carbonyl (C=O) groups is 1. The Morgan fingerprint density at radius 2 is 2.00 bits per heavy atom. The molecule has 106 valence electrons. The lowest BCUT2D eigenvalue weighted by Crippen LogP contribution is -2.49.